The molecule has 1 heterocycles. The highest BCUT2D eigenvalue weighted by Crippen LogP contribution is 2.37. The van der Waals surface area contributed by atoms with E-state index in [9.17, 15) is 4.79 Å². The Morgan fingerprint density at radius 2 is 2.08 bits per heavy atom. The molecule has 2 fully saturated rings. The Hall–Kier alpha value is -0.570. The summed E-state index contributed by atoms with van der Waals surface area (Å²) in [7, 11) is 0. The van der Waals surface area contributed by atoms with Gasteiger partial charge in [0.2, 0.25) is 0 Å². The van der Waals surface area contributed by atoms with Crippen molar-refractivity contribution >= 4 is 5.97 Å². The summed E-state index contributed by atoms with van der Waals surface area (Å²) in [5.41, 5.74) is 0. The average molecular weight is 170 g/mol. The summed E-state index contributed by atoms with van der Waals surface area (Å²) in [5, 5.41) is 8.87. The first kappa shape index (κ1) is 8.05. The van der Waals surface area contributed by atoms with E-state index in [1.54, 1.807) is 0 Å². The highest BCUT2D eigenvalue weighted by atomic mass is 16.5. The van der Waals surface area contributed by atoms with E-state index < -0.39 is 5.97 Å². The molecule has 1 aliphatic carbocycles. The normalized spacial score (nSPS) is 40.8. The summed E-state index contributed by atoms with van der Waals surface area (Å²) in [6.45, 7) is 0.435. The number of aliphatic carboxylic acids is 1. The van der Waals surface area contributed by atoms with Crippen LogP contribution in [0.3, 0.4) is 0 Å². The number of hydrogen-bond donors (Lipinski definition) is 1. The summed E-state index contributed by atoms with van der Waals surface area (Å²) >= 11 is 0. The summed E-state index contributed by atoms with van der Waals surface area (Å²) in [6, 6.07) is 0. The molecule has 1 saturated heterocycles. The van der Waals surface area contributed by atoms with E-state index in [0.29, 0.717) is 12.5 Å². The summed E-state index contributed by atoms with van der Waals surface area (Å²) in [4.78, 5) is 10.8. The van der Waals surface area contributed by atoms with Gasteiger partial charge in [-0.3, -0.25) is 4.79 Å². The molecule has 1 aliphatic heterocycles. The number of carboxylic acids is 1. The summed E-state index contributed by atoms with van der Waals surface area (Å²) in [6.07, 6.45) is 4.73. The lowest BCUT2D eigenvalue weighted by Crippen LogP contribution is -2.28. The second kappa shape index (κ2) is 3.05. The van der Waals surface area contributed by atoms with Crippen molar-refractivity contribution in [3.8, 4) is 0 Å². The molecule has 1 N–H and O–H groups in total. The SMILES string of the molecule is O=C(O)C1COC2CCCCC21. The first-order valence-corrected chi connectivity index (χ1v) is 4.63. The van der Waals surface area contributed by atoms with Gasteiger partial charge in [0, 0.05) is 5.92 Å². The van der Waals surface area contributed by atoms with Crippen molar-refractivity contribution in [3.05, 3.63) is 0 Å². The fourth-order valence-electron chi connectivity index (χ4n) is 2.40. The topological polar surface area (TPSA) is 46.5 Å². The molecule has 12 heavy (non-hydrogen) atoms. The standard InChI is InChI=1S/C9H14O3/c10-9(11)7-5-12-8-4-2-1-3-6(7)8/h6-8H,1-5H2,(H,10,11). The first-order chi connectivity index (χ1) is 5.79. The van der Waals surface area contributed by atoms with Gasteiger partial charge in [-0.25, -0.2) is 0 Å². The van der Waals surface area contributed by atoms with Gasteiger partial charge < -0.3 is 9.84 Å². The Balaban J connectivity index is 2.05. The maximum Gasteiger partial charge on any atom is 0.309 e. The third-order valence-corrected chi connectivity index (χ3v) is 3.08. The molecule has 1 saturated carbocycles. The Morgan fingerprint density at radius 1 is 1.33 bits per heavy atom. The lowest BCUT2D eigenvalue weighted by atomic mass is 9.80. The van der Waals surface area contributed by atoms with Gasteiger partial charge in [0.25, 0.3) is 0 Å². The second-order valence-electron chi connectivity index (χ2n) is 3.76. The number of fused-ring (bicyclic) bond motifs is 1. The molecule has 0 aromatic carbocycles. The molecule has 0 spiro atoms. The molecule has 0 amide bonds. The molecule has 2 aliphatic rings. The highest BCUT2D eigenvalue weighted by molar-refractivity contribution is 5.71. The van der Waals surface area contributed by atoms with E-state index in [4.69, 9.17) is 9.84 Å². The van der Waals surface area contributed by atoms with Crippen LogP contribution in [0.25, 0.3) is 0 Å². The molecule has 0 radical (unpaired) electrons. The Morgan fingerprint density at radius 3 is 2.83 bits per heavy atom. The van der Waals surface area contributed by atoms with Crippen LogP contribution in [0.1, 0.15) is 25.7 Å². The van der Waals surface area contributed by atoms with Crippen LogP contribution in [-0.2, 0) is 9.53 Å². The van der Waals surface area contributed by atoms with E-state index in [-0.39, 0.29) is 12.0 Å². The summed E-state index contributed by atoms with van der Waals surface area (Å²) in [5.74, 6) is -0.601. The number of rotatable bonds is 1. The van der Waals surface area contributed by atoms with Crippen molar-refractivity contribution < 1.29 is 14.6 Å². The molecule has 3 unspecified atom stereocenters. The molecule has 0 aromatic rings. The molecular formula is C9H14O3. The van der Waals surface area contributed by atoms with E-state index in [0.717, 1.165) is 12.8 Å². The van der Waals surface area contributed by atoms with Crippen molar-refractivity contribution in [1.82, 2.24) is 0 Å². The second-order valence-corrected chi connectivity index (χ2v) is 3.76. The van der Waals surface area contributed by atoms with Crippen LogP contribution in [0.5, 0.6) is 0 Å². The Bertz CT molecular complexity index is 190. The lowest BCUT2D eigenvalue weighted by molar-refractivity contribution is -0.142. The molecule has 3 heteroatoms. The molecule has 3 atom stereocenters. The minimum absolute atomic E-state index is 0.227. The van der Waals surface area contributed by atoms with Gasteiger partial charge in [-0.05, 0) is 12.8 Å². The van der Waals surface area contributed by atoms with Crippen LogP contribution in [0.15, 0.2) is 0 Å². The van der Waals surface area contributed by atoms with Gasteiger partial charge in [0.15, 0.2) is 0 Å². The van der Waals surface area contributed by atoms with Gasteiger partial charge >= 0.3 is 5.97 Å². The zero-order valence-corrected chi connectivity index (χ0v) is 7.03. The van der Waals surface area contributed by atoms with E-state index >= 15 is 0 Å². The minimum atomic E-state index is -0.676. The first-order valence-electron chi connectivity index (χ1n) is 4.63. The predicted octanol–water partition coefficient (Wildman–Crippen LogP) is 1.28. The van der Waals surface area contributed by atoms with Crippen LogP contribution in [0, 0.1) is 11.8 Å². The largest absolute Gasteiger partial charge is 0.481 e. The molecule has 0 aromatic heterocycles. The van der Waals surface area contributed by atoms with Gasteiger partial charge in [0.1, 0.15) is 0 Å². The van der Waals surface area contributed by atoms with Crippen molar-refractivity contribution in [1.29, 1.82) is 0 Å². The highest BCUT2D eigenvalue weighted by Gasteiger charge is 2.42. The monoisotopic (exact) mass is 170 g/mol. The van der Waals surface area contributed by atoms with Crippen LogP contribution >= 0.6 is 0 Å². The Kier molecular flexibility index (Phi) is 2.05. The smallest absolute Gasteiger partial charge is 0.309 e. The third-order valence-electron chi connectivity index (χ3n) is 3.08. The number of carboxylic acid groups (broad SMARTS) is 1. The Labute approximate surface area is 71.7 Å². The van der Waals surface area contributed by atoms with Crippen molar-refractivity contribution in [2.45, 2.75) is 31.8 Å². The zero-order valence-electron chi connectivity index (χ0n) is 7.03. The fraction of sp³-hybridized carbons (Fsp3) is 0.889. The fourth-order valence-corrected chi connectivity index (χ4v) is 2.40. The van der Waals surface area contributed by atoms with Crippen molar-refractivity contribution in [2.24, 2.45) is 11.8 Å². The number of carbonyl (C=O) groups is 1. The van der Waals surface area contributed by atoms with Crippen LogP contribution in [0.4, 0.5) is 0 Å². The van der Waals surface area contributed by atoms with Gasteiger partial charge in [-0.2, -0.15) is 0 Å². The van der Waals surface area contributed by atoms with E-state index in [2.05, 4.69) is 0 Å². The molecular weight excluding hydrogens is 156 g/mol. The summed E-state index contributed by atoms with van der Waals surface area (Å²) < 4.78 is 5.45. The van der Waals surface area contributed by atoms with Crippen LogP contribution in [-0.4, -0.2) is 23.8 Å². The average Bonchev–Trinajstić information content (AvgIpc) is 2.47. The maximum atomic E-state index is 10.8. The van der Waals surface area contributed by atoms with Gasteiger partial charge in [-0.15, -0.1) is 0 Å². The van der Waals surface area contributed by atoms with Crippen molar-refractivity contribution in [3.63, 3.8) is 0 Å². The number of ether oxygens (including phenoxy) is 1. The van der Waals surface area contributed by atoms with Crippen LogP contribution in [0.2, 0.25) is 0 Å². The zero-order chi connectivity index (χ0) is 8.55. The minimum Gasteiger partial charge on any atom is -0.481 e. The van der Waals surface area contributed by atoms with Gasteiger partial charge in [-0.1, -0.05) is 12.8 Å². The maximum absolute atomic E-state index is 10.8. The third kappa shape index (κ3) is 1.22. The molecule has 0 bridgehead atoms. The van der Waals surface area contributed by atoms with Gasteiger partial charge in [0.05, 0.1) is 18.6 Å². The molecule has 68 valence electrons. The lowest BCUT2D eigenvalue weighted by Gasteiger charge is -2.25. The van der Waals surface area contributed by atoms with E-state index in [1.165, 1.54) is 12.8 Å². The number of hydrogen-bond acceptors (Lipinski definition) is 2. The van der Waals surface area contributed by atoms with Crippen molar-refractivity contribution in [2.75, 3.05) is 6.61 Å². The molecule has 2 rings (SSSR count). The molecule has 3 nitrogen and oxygen atoms in total. The van der Waals surface area contributed by atoms with Crippen LogP contribution < -0.4 is 0 Å². The quantitative estimate of drug-likeness (QED) is 0.644. The predicted molar refractivity (Wildman–Crippen MR) is 42.8 cm³/mol. The van der Waals surface area contributed by atoms with E-state index in [1.807, 2.05) is 0 Å².